The molecule has 0 aromatic carbocycles. The van der Waals surface area contributed by atoms with Crippen molar-refractivity contribution in [3.05, 3.63) is 34.9 Å². The number of piperazine rings is 1. The molecule has 0 aromatic heterocycles. The van der Waals surface area contributed by atoms with Crippen LogP contribution in [0.15, 0.2) is 45.1 Å². The second kappa shape index (κ2) is 3.93. The van der Waals surface area contributed by atoms with Gasteiger partial charge in [0.15, 0.2) is 6.23 Å². The van der Waals surface area contributed by atoms with E-state index < -0.39 is 12.3 Å². The van der Waals surface area contributed by atoms with E-state index >= 15 is 0 Å². The number of hydrogen-bond donors (Lipinski definition) is 4. The number of rotatable bonds is 0. The fraction of sp³-hybridized carbons (Fsp3) is 0.500. The Labute approximate surface area is 105 Å². The van der Waals surface area contributed by atoms with Crippen molar-refractivity contribution in [2.24, 2.45) is 10.2 Å². The summed E-state index contributed by atoms with van der Waals surface area (Å²) in [5.74, 6) is -0.157. The third kappa shape index (κ3) is 1.65. The summed E-state index contributed by atoms with van der Waals surface area (Å²) in [6.45, 7) is 4.09. The third-order valence-corrected chi connectivity index (χ3v) is 3.55. The fourth-order valence-electron chi connectivity index (χ4n) is 2.73. The summed E-state index contributed by atoms with van der Waals surface area (Å²) in [5.41, 5.74) is 2.88. The maximum absolute atomic E-state index is 9.80. The molecule has 6 nitrogen and oxygen atoms in total. The minimum Gasteiger partial charge on any atom is -0.491 e. The van der Waals surface area contributed by atoms with Crippen LogP contribution in [0.5, 0.6) is 0 Å². The highest BCUT2D eigenvalue weighted by Gasteiger charge is 2.40. The summed E-state index contributed by atoms with van der Waals surface area (Å²) < 4.78 is 0. The topological polar surface area (TPSA) is 89.2 Å². The molecule has 0 spiro atoms. The van der Waals surface area contributed by atoms with Gasteiger partial charge in [-0.3, -0.25) is 5.32 Å². The van der Waals surface area contributed by atoms with Crippen LogP contribution in [0, 0.1) is 0 Å². The Hall–Kier alpha value is -1.66. The van der Waals surface area contributed by atoms with Gasteiger partial charge in [-0.15, -0.1) is 5.11 Å². The molecule has 0 saturated carbocycles. The lowest BCUT2D eigenvalue weighted by Crippen LogP contribution is -2.63. The Morgan fingerprint density at radius 1 is 1.28 bits per heavy atom. The van der Waals surface area contributed by atoms with Gasteiger partial charge in [-0.05, 0) is 19.4 Å². The standard InChI is InChI=1S/C12H16N4O2/c1-5-3-6(2)8-7(4-5)13-9-10(14-8)12(18)16-15-11(9)17/h3-4,7-9,11,13-14,17-18H,1-2H3. The smallest absolute Gasteiger partial charge is 0.251 e. The minimum atomic E-state index is -0.968. The molecule has 3 aliphatic rings. The van der Waals surface area contributed by atoms with Crippen LogP contribution in [0.25, 0.3) is 0 Å². The Morgan fingerprint density at radius 3 is 2.83 bits per heavy atom. The monoisotopic (exact) mass is 248 g/mol. The Morgan fingerprint density at radius 2 is 2.06 bits per heavy atom. The zero-order chi connectivity index (χ0) is 12.9. The molecule has 2 heterocycles. The van der Waals surface area contributed by atoms with E-state index in [2.05, 4.69) is 33.0 Å². The summed E-state index contributed by atoms with van der Waals surface area (Å²) in [6.07, 6.45) is 3.25. The predicted octanol–water partition coefficient (Wildman–Crippen LogP) is 0.702. The van der Waals surface area contributed by atoms with E-state index in [0.29, 0.717) is 5.70 Å². The van der Waals surface area contributed by atoms with E-state index in [1.54, 1.807) is 0 Å². The molecule has 1 saturated heterocycles. The number of aliphatic hydroxyl groups is 2. The normalized spacial score (nSPS) is 38.4. The van der Waals surface area contributed by atoms with Crippen LogP contribution >= 0.6 is 0 Å². The third-order valence-electron chi connectivity index (χ3n) is 3.55. The quantitative estimate of drug-likeness (QED) is 0.508. The number of nitrogens with zero attached hydrogens (tertiary/aromatic N) is 2. The fourth-order valence-corrected chi connectivity index (χ4v) is 2.73. The van der Waals surface area contributed by atoms with Crippen LogP contribution in [-0.2, 0) is 0 Å². The van der Waals surface area contributed by atoms with E-state index in [1.165, 1.54) is 11.1 Å². The van der Waals surface area contributed by atoms with Crippen molar-refractivity contribution in [2.45, 2.75) is 38.2 Å². The van der Waals surface area contributed by atoms with Crippen molar-refractivity contribution in [2.75, 3.05) is 0 Å². The maximum atomic E-state index is 9.80. The van der Waals surface area contributed by atoms with Gasteiger partial charge in [-0.1, -0.05) is 17.7 Å². The maximum Gasteiger partial charge on any atom is 0.251 e. The zero-order valence-electron chi connectivity index (χ0n) is 10.3. The number of nitrogens with one attached hydrogen (secondary N) is 2. The van der Waals surface area contributed by atoms with Gasteiger partial charge in [-0.2, -0.15) is 5.11 Å². The van der Waals surface area contributed by atoms with Crippen molar-refractivity contribution in [1.29, 1.82) is 0 Å². The Kier molecular flexibility index (Phi) is 2.49. The molecule has 4 N–H and O–H groups in total. The molecule has 0 radical (unpaired) electrons. The molecule has 4 atom stereocenters. The number of hydrogen-bond acceptors (Lipinski definition) is 6. The highest BCUT2D eigenvalue weighted by atomic mass is 16.3. The summed E-state index contributed by atoms with van der Waals surface area (Å²) in [7, 11) is 0. The van der Waals surface area contributed by atoms with Gasteiger partial charge in [0, 0.05) is 0 Å². The molecule has 1 aliphatic carbocycles. The van der Waals surface area contributed by atoms with Gasteiger partial charge in [0.1, 0.15) is 6.04 Å². The Bertz CT molecular complexity index is 506. The lowest BCUT2D eigenvalue weighted by molar-refractivity contribution is 0.109. The van der Waals surface area contributed by atoms with Crippen LogP contribution in [-0.4, -0.2) is 34.6 Å². The zero-order valence-corrected chi connectivity index (χ0v) is 10.3. The lowest BCUT2D eigenvalue weighted by atomic mass is 9.88. The van der Waals surface area contributed by atoms with E-state index in [4.69, 9.17) is 0 Å². The summed E-state index contributed by atoms with van der Waals surface area (Å²) in [5, 5.41) is 33.2. The van der Waals surface area contributed by atoms with Crippen LogP contribution < -0.4 is 10.6 Å². The van der Waals surface area contributed by atoms with Crippen LogP contribution in [0.1, 0.15) is 13.8 Å². The predicted molar refractivity (Wildman–Crippen MR) is 65.7 cm³/mol. The first-order chi connectivity index (χ1) is 8.56. The molecule has 0 amide bonds. The minimum absolute atomic E-state index is 0.0719. The first-order valence-electron chi connectivity index (χ1n) is 5.97. The van der Waals surface area contributed by atoms with Gasteiger partial charge >= 0.3 is 0 Å². The molecular weight excluding hydrogens is 232 g/mol. The van der Waals surface area contributed by atoms with Crippen LogP contribution in [0.4, 0.5) is 0 Å². The molecule has 3 rings (SSSR count). The lowest BCUT2D eigenvalue weighted by Gasteiger charge is -2.42. The van der Waals surface area contributed by atoms with Crippen molar-refractivity contribution in [1.82, 2.24) is 10.6 Å². The van der Waals surface area contributed by atoms with Gasteiger partial charge in [0.25, 0.3) is 5.88 Å². The van der Waals surface area contributed by atoms with E-state index in [1.807, 2.05) is 13.8 Å². The largest absolute Gasteiger partial charge is 0.491 e. The molecular formula is C12H16N4O2. The molecule has 1 fully saturated rings. The van der Waals surface area contributed by atoms with Crippen molar-refractivity contribution in [3.8, 4) is 0 Å². The van der Waals surface area contributed by atoms with Crippen LogP contribution in [0.3, 0.4) is 0 Å². The van der Waals surface area contributed by atoms with Crippen LogP contribution in [0.2, 0.25) is 0 Å². The van der Waals surface area contributed by atoms with E-state index in [-0.39, 0.29) is 18.0 Å². The van der Waals surface area contributed by atoms with Crippen molar-refractivity contribution < 1.29 is 10.2 Å². The van der Waals surface area contributed by atoms with Gasteiger partial charge < -0.3 is 15.5 Å². The number of azo groups is 1. The van der Waals surface area contributed by atoms with Crippen molar-refractivity contribution >= 4 is 0 Å². The van der Waals surface area contributed by atoms with Gasteiger partial charge in [-0.25, -0.2) is 0 Å². The van der Waals surface area contributed by atoms with E-state index in [9.17, 15) is 10.2 Å². The number of allylic oxidation sites excluding steroid dienone is 2. The summed E-state index contributed by atoms with van der Waals surface area (Å²) in [4.78, 5) is 0. The van der Waals surface area contributed by atoms with Crippen molar-refractivity contribution in [3.63, 3.8) is 0 Å². The Balaban J connectivity index is 1.96. The molecule has 2 aliphatic heterocycles. The number of fused-ring (bicyclic) bond motifs is 2. The first kappa shape index (κ1) is 11.4. The second-order valence-electron chi connectivity index (χ2n) is 4.96. The van der Waals surface area contributed by atoms with Gasteiger partial charge in [0.05, 0.1) is 17.8 Å². The highest BCUT2D eigenvalue weighted by Crippen LogP contribution is 2.28. The summed E-state index contributed by atoms with van der Waals surface area (Å²) >= 11 is 0. The first-order valence-corrected chi connectivity index (χ1v) is 5.97. The highest BCUT2D eigenvalue weighted by molar-refractivity contribution is 5.38. The molecule has 18 heavy (non-hydrogen) atoms. The SMILES string of the molecule is CC1=CC2NC3C(=C(O)N=NC3O)NC2C(C)=C1. The average molecular weight is 248 g/mol. The summed E-state index contributed by atoms with van der Waals surface area (Å²) in [6, 6.07) is -0.277. The molecule has 6 heteroatoms. The average Bonchev–Trinajstić information content (AvgIpc) is 2.32. The second-order valence-corrected chi connectivity index (χ2v) is 4.96. The van der Waals surface area contributed by atoms with Gasteiger partial charge in [0.2, 0.25) is 0 Å². The van der Waals surface area contributed by atoms with E-state index in [0.717, 1.165) is 0 Å². The molecule has 0 aromatic rings. The molecule has 4 unspecified atom stereocenters. The molecule has 0 bridgehead atoms. The molecule has 96 valence electrons. The number of aliphatic hydroxyl groups excluding tert-OH is 2.